The maximum atomic E-state index is 16.3. The fourth-order valence-corrected chi connectivity index (χ4v) is 13.2. The highest BCUT2D eigenvalue weighted by Crippen LogP contribution is 2.65. The van der Waals surface area contributed by atoms with Crippen LogP contribution in [0.4, 0.5) is 0 Å². The average Bonchev–Trinajstić information content (AvgIpc) is 3.18. The third-order valence-corrected chi connectivity index (χ3v) is 15.9. The van der Waals surface area contributed by atoms with E-state index in [-0.39, 0.29) is 11.8 Å². The molecule has 0 heterocycles. The molecule has 48 heavy (non-hydrogen) atoms. The first-order chi connectivity index (χ1) is 23.6. The third-order valence-electron chi connectivity index (χ3n) is 9.63. The monoisotopic (exact) mass is 657 g/mol. The summed E-state index contributed by atoms with van der Waals surface area (Å²) in [7, 11) is -6.61. The van der Waals surface area contributed by atoms with Crippen LogP contribution in [0.15, 0.2) is 199 Å². The van der Waals surface area contributed by atoms with Gasteiger partial charge in [-0.05, 0) is 47.2 Å². The summed E-state index contributed by atoms with van der Waals surface area (Å²) in [6, 6.07) is 52.6. The molecule has 0 aliphatic heterocycles. The van der Waals surface area contributed by atoms with E-state index in [9.17, 15) is 4.89 Å². The van der Waals surface area contributed by atoms with Crippen molar-refractivity contribution in [2.24, 2.45) is 11.8 Å². The van der Waals surface area contributed by atoms with Crippen LogP contribution in [0.1, 0.15) is 5.56 Å². The molecule has 0 fully saturated rings. The van der Waals surface area contributed by atoms with Gasteiger partial charge >= 0.3 is 0 Å². The van der Waals surface area contributed by atoms with Gasteiger partial charge in [0.1, 0.15) is 15.9 Å². The molecule has 6 aromatic rings. The van der Waals surface area contributed by atoms with Crippen LogP contribution in [0.2, 0.25) is 0 Å². The van der Waals surface area contributed by atoms with Crippen LogP contribution in [0.5, 0.6) is 0 Å². The lowest BCUT2D eigenvalue weighted by atomic mass is 9.76. The van der Waals surface area contributed by atoms with Crippen molar-refractivity contribution in [1.29, 1.82) is 0 Å². The summed E-state index contributed by atoms with van der Waals surface area (Å²) in [5.74, 6) is 0.0203. The van der Waals surface area contributed by atoms with Crippen molar-refractivity contribution in [3.05, 3.63) is 205 Å². The second kappa shape index (κ2) is 12.6. The van der Waals surface area contributed by atoms with E-state index in [1.165, 1.54) is 0 Å². The third kappa shape index (κ3) is 5.01. The van der Waals surface area contributed by atoms with Crippen molar-refractivity contribution in [3.63, 3.8) is 0 Å². The summed E-state index contributed by atoms with van der Waals surface area (Å²) in [6.07, 6.45) is 13.1. The standard InChI is InChI=1S/C44H35O2P2/c45-47(35-19-5-1-6-20-35,36-21-7-2-8-22-36)41-31-29-33-17-13-15-27-39(33)43(41)44-40-28-16-14-18-34(40)30-32-42(44)48(46,37-23-9-3-10-24-37)38-25-11-4-12-26-38/h1-33,39,45H/q+1. The van der Waals surface area contributed by atoms with Gasteiger partial charge in [0.05, 0.1) is 0 Å². The van der Waals surface area contributed by atoms with Crippen molar-refractivity contribution >= 4 is 57.5 Å². The fourth-order valence-electron chi connectivity index (χ4n) is 7.36. The molecule has 232 valence electrons. The molecule has 2 aliphatic carbocycles. The van der Waals surface area contributed by atoms with Gasteiger partial charge in [0.25, 0.3) is 0 Å². The molecule has 8 rings (SSSR count). The first-order valence-corrected chi connectivity index (χ1v) is 19.8. The molecule has 2 nitrogen and oxygen atoms in total. The van der Waals surface area contributed by atoms with E-state index in [1.807, 2.05) is 121 Å². The van der Waals surface area contributed by atoms with Crippen molar-refractivity contribution in [1.82, 2.24) is 0 Å². The predicted octanol–water partition coefficient (Wildman–Crippen LogP) is 8.69. The molecule has 0 spiro atoms. The van der Waals surface area contributed by atoms with Gasteiger partial charge in [-0.2, -0.15) is 0 Å². The number of allylic oxidation sites excluding steroid dienone is 8. The van der Waals surface area contributed by atoms with Crippen LogP contribution in [-0.4, -0.2) is 4.89 Å². The van der Waals surface area contributed by atoms with Crippen molar-refractivity contribution in [2.45, 2.75) is 0 Å². The summed E-state index contributed by atoms with van der Waals surface area (Å²) in [6.45, 7) is 0. The highest BCUT2D eigenvalue weighted by molar-refractivity contribution is 7.88. The van der Waals surface area contributed by atoms with Crippen LogP contribution >= 0.6 is 14.6 Å². The van der Waals surface area contributed by atoms with Gasteiger partial charge in [-0.3, -0.25) is 0 Å². The Balaban J connectivity index is 1.56. The minimum absolute atomic E-state index is 0.0708. The molecule has 0 saturated carbocycles. The van der Waals surface area contributed by atoms with E-state index in [1.54, 1.807) is 0 Å². The molecule has 0 radical (unpaired) electrons. The highest BCUT2D eigenvalue weighted by Gasteiger charge is 2.50. The predicted molar refractivity (Wildman–Crippen MR) is 206 cm³/mol. The van der Waals surface area contributed by atoms with Gasteiger partial charge in [-0.1, -0.05) is 158 Å². The van der Waals surface area contributed by atoms with Crippen LogP contribution in [0, 0.1) is 11.8 Å². The SMILES string of the molecule is O=P(c1ccccc1)(c1ccccc1)c1ccc2ccccc2c1C1=C([P+](O)(c2ccccc2)c2ccccc2)C=CC2C=CC=CC12. The molecule has 0 amide bonds. The first-order valence-electron chi connectivity index (χ1n) is 16.3. The quantitative estimate of drug-likeness (QED) is 0.175. The number of rotatable bonds is 7. The Morgan fingerprint density at radius 1 is 0.542 bits per heavy atom. The molecule has 4 heteroatoms. The maximum Gasteiger partial charge on any atom is 0.238 e. The molecule has 2 atom stereocenters. The molecule has 2 aliphatic rings. The van der Waals surface area contributed by atoms with Crippen LogP contribution < -0.4 is 26.5 Å². The van der Waals surface area contributed by atoms with E-state index in [0.717, 1.165) is 53.7 Å². The van der Waals surface area contributed by atoms with Crippen LogP contribution in [0.3, 0.4) is 0 Å². The number of hydrogen-bond acceptors (Lipinski definition) is 2. The minimum Gasteiger partial charge on any atom is -0.309 e. The van der Waals surface area contributed by atoms with Gasteiger partial charge in [0.15, 0.2) is 7.14 Å². The molecule has 2 unspecified atom stereocenters. The smallest absolute Gasteiger partial charge is 0.238 e. The summed E-state index contributed by atoms with van der Waals surface area (Å²) in [5.41, 5.74) is 1.98. The molecular formula is C44H35O2P2+. The minimum atomic E-state index is -3.42. The summed E-state index contributed by atoms with van der Waals surface area (Å²) in [5, 5.41) is 7.12. The lowest BCUT2D eigenvalue weighted by Gasteiger charge is -2.35. The molecule has 0 aromatic heterocycles. The largest absolute Gasteiger partial charge is 0.309 e. The van der Waals surface area contributed by atoms with Gasteiger partial charge in [-0.15, -0.1) is 0 Å². The zero-order chi connectivity index (χ0) is 32.6. The summed E-state index contributed by atoms with van der Waals surface area (Å²) < 4.78 is 16.3. The topological polar surface area (TPSA) is 37.3 Å². The average molecular weight is 658 g/mol. The first kappa shape index (κ1) is 30.5. The van der Waals surface area contributed by atoms with E-state index >= 15 is 4.57 Å². The number of benzene rings is 6. The van der Waals surface area contributed by atoms with Crippen molar-refractivity contribution < 1.29 is 9.46 Å². The second-order valence-corrected chi connectivity index (χ2v) is 17.8. The zero-order valence-corrected chi connectivity index (χ0v) is 28.2. The van der Waals surface area contributed by atoms with Crippen LogP contribution in [0.25, 0.3) is 16.3 Å². The number of fused-ring (bicyclic) bond motifs is 2. The van der Waals surface area contributed by atoms with Crippen LogP contribution in [-0.2, 0) is 4.57 Å². The maximum absolute atomic E-state index is 16.3. The summed E-state index contributed by atoms with van der Waals surface area (Å²) in [4.78, 5) is 13.5. The number of hydrogen-bond donors (Lipinski definition) is 1. The van der Waals surface area contributed by atoms with E-state index in [2.05, 4.69) is 72.9 Å². The molecule has 6 aromatic carbocycles. The van der Waals surface area contributed by atoms with E-state index in [0.29, 0.717) is 0 Å². The van der Waals surface area contributed by atoms with Gasteiger partial charge in [0.2, 0.25) is 7.49 Å². The molecule has 0 bridgehead atoms. The molecule has 1 N–H and O–H groups in total. The van der Waals surface area contributed by atoms with Crippen molar-refractivity contribution in [2.75, 3.05) is 0 Å². The Bertz CT molecular complexity index is 2190. The Hall–Kier alpha value is -4.84. The summed E-state index contributed by atoms with van der Waals surface area (Å²) >= 11 is 0. The van der Waals surface area contributed by atoms with E-state index in [4.69, 9.17) is 0 Å². The Morgan fingerprint density at radius 3 is 1.67 bits per heavy atom. The zero-order valence-electron chi connectivity index (χ0n) is 26.4. The lowest BCUT2D eigenvalue weighted by molar-refractivity contribution is 0.592. The van der Waals surface area contributed by atoms with E-state index < -0.39 is 14.6 Å². The van der Waals surface area contributed by atoms with Crippen molar-refractivity contribution in [3.8, 4) is 0 Å². The van der Waals surface area contributed by atoms with Gasteiger partial charge in [0, 0.05) is 38.9 Å². The molecular weight excluding hydrogens is 622 g/mol. The molecule has 0 saturated heterocycles. The Labute approximate surface area is 282 Å². The lowest BCUT2D eigenvalue weighted by Crippen LogP contribution is -2.31. The van der Waals surface area contributed by atoms with Gasteiger partial charge in [-0.25, -0.2) is 4.89 Å². The second-order valence-electron chi connectivity index (χ2n) is 12.3. The Morgan fingerprint density at radius 2 is 1.06 bits per heavy atom. The normalized spacial score (nSPS) is 17.4. The van der Waals surface area contributed by atoms with Gasteiger partial charge < -0.3 is 4.57 Å². The fraction of sp³-hybridized carbons (Fsp3) is 0.0455. The highest BCUT2D eigenvalue weighted by atomic mass is 31.2. The Kier molecular flexibility index (Phi) is 8.03.